The van der Waals surface area contributed by atoms with Crippen molar-refractivity contribution >= 4 is 21.8 Å². The zero-order chi connectivity index (χ0) is 26.5. The molecule has 3 N–H and O–H groups in total. The van der Waals surface area contributed by atoms with Crippen molar-refractivity contribution in [1.82, 2.24) is 5.16 Å². The van der Waals surface area contributed by atoms with E-state index in [1.165, 1.54) is 0 Å². The molecule has 0 aliphatic carbocycles. The van der Waals surface area contributed by atoms with Gasteiger partial charge in [-0.1, -0.05) is 74.2 Å². The van der Waals surface area contributed by atoms with E-state index in [1.54, 1.807) is 51.1 Å². The molecule has 1 atom stereocenters. The average molecular weight is 510 g/mol. The first-order valence-corrected chi connectivity index (χ1v) is 13.7. The Morgan fingerprint density at radius 2 is 1.81 bits per heavy atom. The standard InChI is InChI=1S/C28H35N3O4S/c1-6-8-9-10-13-21(7-2)22-16-17-24(23-14-11-12-15-25(23)27(29)32)26(19(22)4)36(33,34)31-28-18(3)20(5)30-35-28/h7,11-12,14-17,21,31H,2,6,8-10,13H2,1,3-5H3,(H2,29,32). The highest BCUT2D eigenvalue weighted by Gasteiger charge is 2.29. The number of aromatic nitrogens is 1. The highest BCUT2D eigenvalue weighted by atomic mass is 32.2. The third-order valence-corrected chi connectivity index (χ3v) is 8.15. The fourth-order valence-electron chi connectivity index (χ4n) is 4.47. The average Bonchev–Trinajstić information content (AvgIpc) is 3.15. The summed E-state index contributed by atoms with van der Waals surface area (Å²) in [6.07, 6.45) is 7.17. The number of sulfonamides is 1. The number of aryl methyl sites for hydroxylation is 1. The Labute approximate surface area is 213 Å². The van der Waals surface area contributed by atoms with Gasteiger partial charge in [-0.15, -0.1) is 6.58 Å². The van der Waals surface area contributed by atoms with Gasteiger partial charge in [-0.05, 0) is 49.9 Å². The molecule has 3 aromatic rings. The molecule has 192 valence electrons. The summed E-state index contributed by atoms with van der Waals surface area (Å²) in [6, 6.07) is 10.4. The van der Waals surface area contributed by atoms with Crippen LogP contribution in [0.1, 0.15) is 77.7 Å². The van der Waals surface area contributed by atoms with Gasteiger partial charge >= 0.3 is 0 Å². The van der Waals surface area contributed by atoms with E-state index >= 15 is 0 Å². The lowest BCUT2D eigenvalue weighted by molar-refractivity contribution is 0.100. The van der Waals surface area contributed by atoms with Gasteiger partial charge in [-0.2, -0.15) is 0 Å². The monoisotopic (exact) mass is 509 g/mol. The number of unbranched alkanes of at least 4 members (excludes halogenated alkanes) is 3. The van der Waals surface area contributed by atoms with Crippen LogP contribution in [0.25, 0.3) is 11.1 Å². The van der Waals surface area contributed by atoms with Crippen LogP contribution in [0.4, 0.5) is 5.88 Å². The molecule has 0 radical (unpaired) electrons. The molecule has 0 fully saturated rings. The van der Waals surface area contributed by atoms with E-state index in [2.05, 4.69) is 23.4 Å². The van der Waals surface area contributed by atoms with E-state index < -0.39 is 15.9 Å². The summed E-state index contributed by atoms with van der Waals surface area (Å²) in [5.74, 6) is -0.581. The number of benzene rings is 2. The van der Waals surface area contributed by atoms with E-state index in [0.29, 0.717) is 27.9 Å². The molecule has 1 unspecified atom stereocenters. The van der Waals surface area contributed by atoms with Crippen LogP contribution in [0.3, 0.4) is 0 Å². The van der Waals surface area contributed by atoms with Gasteiger partial charge in [0.15, 0.2) is 0 Å². The van der Waals surface area contributed by atoms with Gasteiger partial charge < -0.3 is 10.3 Å². The third-order valence-electron chi connectivity index (χ3n) is 6.64. The van der Waals surface area contributed by atoms with Crippen LogP contribution in [0.2, 0.25) is 0 Å². The quantitative estimate of drug-likeness (QED) is 0.216. The first-order valence-electron chi connectivity index (χ1n) is 12.2. The molecule has 0 aliphatic rings. The lowest BCUT2D eigenvalue weighted by Crippen LogP contribution is -2.18. The van der Waals surface area contributed by atoms with Gasteiger partial charge in [0, 0.05) is 22.6 Å². The highest BCUT2D eigenvalue weighted by Crippen LogP contribution is 2.38. The topological polar surface area (TPSA) is 115 Å². The number of nitrogens with zero attached hydrogens (tertiary/aromatic N) is 1. The first-order chi connectivity index (χ1) is 17.1. The molecule has 2 aromatic carbocycles. The van der Waals surface area contributed by atoms with Crippen molar-refractivity contribution in [3.05, 3.63) is 77.0 Å². The molecule has 1 aromatic heterocycles. The summed E-state index contributed by atoms with van der Waals surface area (Å²) < 4.78 is 35.6. The number of rotatable bonds is 12. The van der Waals surface area contributed by atoms with E-state index in [9.17, 15) is 13.2 Å². The van der Waals surface area contributed by atoms with Crippen molar-refractivity contribution in [2.24, 2.45) is 5.73 Å². The van der Waals surface area contributed by atoms with Crippen LogP contribution < -0.4 is 10.5 Å². The third kappa shape index (κ3) is 5.70. The maximum absolute atomic E-state index is 13.9. The van der Waals surface area contributed by atoms with Gasteiger partial charge in [-0.3, -0.25) is 4.79 Å². The van der Waals surface area contributed by atoms with Gasteiger partial charge in [0.1, 0.15) is 0 Å². The van der Waals surface area contributed by atoms with Crippen molar-refractivity contribution in [3.8, 4) is 11.1 Å². The lowest BCUT2D eigenvalue weighted by Gasteiger charge is -2.22. The number of carbonyl (C=O) groups excluding carboxylic acids is 1. The second-order valence-electron chi connectivity index (χ2n) is 9.09. The number of carbonyl (C=O) groups is 1. The minimum atomic E-state index is -4.14. The summed E-state index contributed by atoms with van der Waals surface area (Å²) >= 11 is 0. The van der Waals surface area contributed by atoms with Crippen LogP contribution >= 0.6 is 0 Å². The molecule has 7 nitrogen and oxygen atoms in total. The molecule has 3 rings (SSSR count). The second kappa shape index (κ2) is 11.6. The number of anilines is 1. The lowest BCUT2D eigenvalue weighted by atomic mass is 9.87. The SMILES string of the molecule is C=CC(CCCCCC)c1ccc(-c2ccccc2C(N)=O)c(S(=O)(=O)Nc2onc(C)c2C)c1C. The van der Waals surface area contributed by atoms with Crippen LogP contribution in [-0.4, -0.2) is 19.5 Å². The Morgan fingerprint density at radius 3 is 2.42 bits per heavy atom. The molecule has 0 aliphatic heterocycles. The van der Waals surface area contributed by atoms with Gasteiger partial charge in [0.2, 0.25) is 11.8 Å². The van der Waals surface area contributed by atoms with Gasteiger partial charge in [0.25, 0.3) is 10.0 Å². The Kier molecular flexibility index (Phi) is 8.74. The highest BCUT2D eigenvalue weighted by molar-refractivity contribution is 7.93. The number of hydrogen-bond acceptors (Lipinski definition) is 5. The number of nitrogens with one attached hydrogen (secondary N) is 1. The second-order valence-corrected chi connectivity index (χ2v) is 10.7. The molecule has 0 bridgehead atoms. The molecule has 0 saturated heterocycles. The number of allylic oxidation sites excluding steroid dienone is 1. The molecule has 1 amide bonds. The summed E-state index contributed by atoms with van der Waals surface area (Å²) in [5.41, 5.74) is 9.38. The molecule has 1 heterocycles. The predicted molar refractivity (Wildman–Crippen MR) is 144 cm³/mol. The summed E-state index contributed by atoms with van der Waals surface area (Å²) in [7, 11) is -4.14. The van der Waals surface area contributed by atoms with Gasteiger partial charge in [0.05, 0.1) is 10.6 Å². The van der Waals surface area contributed by atoms with E-state index in [-0.39, 0.29) is 22.3 Å². The number of amides is 1. The van der Waals surface area contributed by atoms with E-state index in [4.69, 9.17) is 10.3 Å². The fraction of sp³-hybridized carbons (Fsp3) is 0.357. The maximum atomic E-state index is 13.9. The van der Waals surface area contributed by atoms with Crippen molar-refractivity contribution in [2.75, 3.05) is 4.72 Å². The number of nitrogens with two attached hydrogens (primary N) is 1. The first kappa shape index (κ1) is 27.2. The summed E-state index contributed by atoms with van der Waals surface area (Å²) in [6.45, 7) is 11.5. The van der Waals surface area contributed by atoms with Crippen molar-refractivity contribution in [1.29, 1.82) is 0 Å². The zero-order valence-corrected chi connectivity index (χ0v) is 22.2. The largest absolute Gasteiger partial charge is 0.366 e. The van der Waals surface area contributed by atoms with Crippen molar-refractivity contribution < 1.29 is 17.7 Å². The number of hydrogen-bond donors (Lipinski definition) is 2. The fourth-order valence-corrected chi connectivity index (χ4v) is 6.00. The Bertz CT molecular complexity index is 1360. The summed E-state index contributed by atoms with van der Waals surface area (Å²) in [4.78, 5) is 12.3. The normalized spacial score (nSPS) is 12.3. The number of primary amides is 1. The molecule has 36 heavy (non-hydrogen) atoms. The van der Waals surface area contributed by atoms with Crippen LogP contribution in [0.15, 0.2) is 58.5 Å². The zero-order valence-electron chi connectivity index (χ0n) is 21.4. The van der Waals surface area contributed by atoms with Crippen molar-refractivity contribution in [3.63, 3.8) is 0 Å². The molecule has 0 spiro atoms. The van der Waals surface area contributed by atoms with Gasteiger partial charge in [-0.25, -0.2) is 13.1 Å². The predicted octanol–water partition coefficient (Wildman–Crippen LogP) is 6.41. The maximum Gasteiger partial charge on any atom is 0.265 e. The smallest absolute Gasteiger partial charge is 0.265 e. The van der Waals surface area contributed by atoms with Crippen molar-refractivity contribution in [2.45, 2.75) is 70.6 Å². The molecule has 0 saturated carbocycles. The van der Waals surface area contributed by atoms with E-state index in [0.717, 1.165) is 37.7 Å². The Balaban J connectivity index is 2.21. The molecule has 8 heteroatoms. The van der Waals surface area contributed by atoms with Crippen LogP contribution in [-0.2, 0) is 10.0 Å². The molecular weight excluding hydrogens is 474 g/mol. The van der Waals surface area contributed by atoms with E-state index in [1.807, 2.05) is 12.1 Å². The molecular formula is C28H35N3O4S. The van der Waals surface area contributed by atoms with Crippen LogP contribution in [0, 0.1) is 20.8 Å². The minimum absolute atomic E-state index is 0.00880. The Morgan fingerprint density at radius 1 is 1.08 bits per heavy atom. The minimum Gasteiger partial charge on any atom is -0.366 e. The Hall–Kier alpha value is -3.39. The van der Waals surface area contributed by atoms with Crippen LogP contribution in [0.5, 0.6) is 0 Å². The summed E-state index contributed by atoms with van der Waals surface area (Å²) in [5, 5.41) is 3.87.